The zero-order valence-electron chi connectivity index (χ0n) is 16.5. The lowest BCUT2D eigenvalue weighted by molar-refractivity contribution is -0.140. The van der Waals surface area contributed by atoms with Crippen molar-refractivity contribution in [2.24, 2.45) is 0 Å². The number of thiophene rings is 2. The van der Waals surface area contributed by atoms with Crippen LogP contribution in [0.5, 0.6) is 0 Å². The third kappa shape index (κ3) is 4.41. The highest BCUT2D eigenvalue weighted by molar-refractivity contribution is 7.92. The zero-order chi connectivity index (χ0) is 21.1. The van der Waals surface area contributed by atoms with E-state index in [4.69, 9.17) is 15.5 Å². The highest BCUT2D eigenvalue weighted by atomic mass is 32.2. The number of fused-ring (bicyclic) bond motifs is 1. The Hall–Kier alpha value is -2.26. The summed E-state index contributed by atoms with van der Waals surface area (Å²) in [5.41, 5.74) is 10.4. The van der Waals surface area contributed by atoms with Crippen molar-refractivity contribution in [3.8, 4) is 10.6 Å². The minimum Gasteiger partial charge on any atom is -0.465 e. The number of rotatable bonds is 6. The normalized spacial score (nSPS) is 14.8. The van der Waals surface area contributed by atoms with Gasteiger partial charge in [0, 0.05) is 29.5 Å². The number of esters is 1. The molecule has 0 fully saturated rings. The number of pyridine rings is 1. The number of thiol groups is 1. The average Bonchev–Trinajstić information content (AvgIpc) is 3.39. The van der Waals surface area contributed by atoms with Crippen LogP contribution in [0.4, 0.5) is 5.69 Å². The summed E-state index contributed by atoms with van der Waals surface area (Å²) in [6.07, 6.45) is 8.81. The molecule has 0 aliphatic heterocycles. The Morgan fingerprint density at radius 3 is 3.03 bits per heavy atom. The summed E-state index contributed by atoms with van der Waals surface area (Å²) in [6, 6.07) is 6.21. The van der Waals surface area contributed by atoms with Gasteiger partial charge in [-0.25, -0.2) is 9.54 Å². The summed E-state index contributed by atoms with van der Waals surface area (Å²) < 4.78 is 16.5. The molecule has 3 aromatic heterocycles. The Morgan fingerprint density at radius 1 is 1.47 bits per heavy atom. The molecule has 0 amide bonds. The molecule has 0 radical (unpaired) electrons. The molecule has 3 heterocycles. The fraction of sp³-hybridized carbons (Fsp3) is 0.227. The topological polar surface area (TPSA) is 85.4 Å². The number of allylic oxidation sites excluding steroid dienone is 4. The first-order valence-corrected chi connectivity index (χ1v) is 12.7. The minimum absolute atomic E-state index is 0.255. The largest absolute Gasteiger partial charge is 0.465 e. The predicted octanol–water partition coefficient (Wildman–Crippen LogP) is 5.28. The van der Waals surface area contributed by atoms with Crippen LogP contribution in [-0.2, 0) is 20.3 Å². The van der Waals surface area contributed by atoms with Crippen LogP contribution in [0.2, 0.25) is 0 Å². The lowest BCUT2D eigenvalue weighted by atomic mass is 9.95. The number of anilines is 1. The van der Waals surface area contributed by atoms with Gasteiger partial charge in [-0.2, -0.15) is 0 Å². The van der Waals surface area contributed by atoms with E-state index >= 15 is 0 Å². The number of hydrogen-bond donors (Lipinski definition) is 2. The molecule has 0 saturated carbocycles. The van der Waals surface area contributed by atoms with Crippen LogP contribution in [0.3, 0.4) is 0 Å². The van der Waals surface area contributed by atoms with Crippen molar-refractivity contribution in [3.63, 3.8) is 0 Å². The Morgan fingerprint density at radius 2 is 2.33 bits per heavy atom. The van der Waals surface area contributed by atoms with Crippen molar-refractivity contribution in [2.75, 3.05) is 12.3 Å². The fourth-order valence-electron chi connectivity index (χ4n) is 3.37. The molecule has 4 rings (SSSR count). The summed E-state index contributed by atoms with van der Waals surface area (Å²) in [6.45, 7) is 1.63. The smallest absolute Gasteiger partial charge is 0.302 e. The van der Waals surface area contributed by atoms with Crippen molar-refractivity contribution < 1.29 is 14.1 Å². The second-order valence-electron chi connectivity index (χ2n) is 6.85. The van der Waals surface area contributed by atoms with Crippen molar-refractivity contribution in [1.82, 2.24) is 4.98 Å². The van der Waals surface area contributed by atoms with E-state index in [0.29, 0.717) is 12.1 Å². The molecule has 0 spiro atoms. The molecule has 5 nitrogen and oxygen atoms in total. The van der Waals surface area contributed by atoms with Gasteiger partial charge in [-0.1, -0.05) is 35.6 Å². The average molecular weight is 460 g/mol. The third-order valence-electron chi connectivity index (χ3n) is 4.75. The van der Waals surface area contributed by atoms with Gasteiger partial charge in [0.2, 0.25) is 4.21 Å². The van der Waals surface area contributed by atoms with E-state index in [1.165, 1.54) is 23.8 Å². The highest BCUT2D eigenvalue weighted by Gasteiger charge is 2.23. The Bertz CT molecular complexity index is 1170. The van der Waals surface area contributed by atoms with E-state index < -0.39 is 10.8 Å². The molecule has 0 aromatic carbocycles. The van der Waals surface area contributed by atoms with Crippen molar-refractivity contribution in [3.05, 3.63) is 47.4 Å². The first kappa shape index (κ1) is 21.0. The van der Waals surface area contributed by atoms with Crippen LogP contribution in [0.1, 0.15) is 31.7 Å². The van der Waals surface area contributed by atoms with Crippen LogP contribution in [-0.4, -0.2) is 27.5 Å². The number of nitrogen functional groups attached to an aromatic ring is 1. The van der Waals surface area contributed by atoms with E-state index in [0.717, 1.165) is 43.4 Å². The summed E-state index contributed by atoms with van der Waals surface area (Å²) in [4.78, 5) is 17.7. The quantitative estimate of drug-likeness (QED) is 0.172. The van der Waals surface area contributed by atoms with Gasteiger partial charge in [0.1, 0.15) is 10.5 Å². The highest BCUT2D eigenvalue weighted by Crippen LogP contribution is 2.42. The number of ether oxygens (including phenoxy) is 1. The monoisotopic (exact) mass is 459 g/mol. The van der Waals surface area contributed by atoms with Gasteiger partial charge >= 0.3 is 5.97 Å². The predicted molar refractivity (Wildman–Crippen MR) is 131 cm³/mol. The summed E-state index contributed by atoms with van der Waals surface area (Å²) in [7, 11) is -1.55. The Labute approximate surface area is 185 Å². The van der Waals surface area contributed by atoms with Gasteiger partial charge in [-0.05, 0) is 41.5 Å². The molecule has 0 bridgehead atoms. The molecular weight excluding hydrogens is 436 g/mol. The van der Waals surface area contributed by atoms with E-state index in [2.05, 4.69) is 30.4 Å². The van der Waals surface area contributed by atoms with Crippen LogP contribution in [0, 0.1) is 0 Å². The van der Waals surface area contributed by atoms with Gasteiger partial charge in [0.05, 0.1) is 22.5 Å². The summed E-state index contributed by atoms with van der Waals surface area (Å²) in [5, 5.41) is 4.75. The van der Waals surface area contributed by atoms with Gasteiger partial charge in [0.25, 0.3) is 0 Å². The third-order valence-corrected chi connectivity index (χ3v) is 8.64. The van der Waals surface area contributed by atoms with Gasteiger partial charge in [0.15, 0.2) is 0 Å². The molecule has 1 aliphatic carbocycles. The second-order valence-corrected chi connectivity index (χ2v) is 10.6. The molecule has 3 aromatic rings. The first-order chi connectivity index (χ1) is 14.5. The molecule has 156 valence electrons. The van der Waals surface area contributed by atoms with E-state index in [9.17, 15) is 9.35 Å². The van der Waals surface area contributed by atoms with Crippen LogP contribution >= 0.6 is 22.7 Å². The maximum absolute atomic E-state index is 10.9. The second kappa shape index (κ2) is 9.26. The van der Waals surface area contributed by atoms with Crippen molar-refractivity contribution in [2.45, 2.75) is 30.4 Å². The van der Waals surface area contributed by atoms with Crippen molar-refractivity contribution >= 4 is 66.3 Å². The molecule has 1 atom stereocenters. The lowest BCUT2D eigenvalue weighted by Gasteiger charge is -2.12. The van der Waals surface area contributed by atoms with Crippen LogP contribution in [0.15, 0.2) is 46.0 Å². The summed E-state index contributed by atoms with van der Waals surface area (Å²) >= 11 is 3.11. The molecule has 0 saturated heterocycles. The maximum atomic E-state index is 10.9. The summed E-state index contributed by atoms with van der Waals surface area (Å²) in [5.74, 6) is -0.322. The molecule has 1 unspecified atom stereocenters. The minimum atomic E-state index is -1.55. The van der Waals surface area contributed by atoms with Crippen LogP contribution < -0.4 is 5.73 Å². The van der Waals surface area contributed by atoms with E-state index in [1.54, 1.807) is 16.7 Å². The standard InChI is InChI=1S/C22H22N2O3S3/c1-14(25)27-10-6-12-30(26)22-20(23)19-16(15-7-3-2-4-8-15)13-17(24-21(19)29-22)18-9-5-11-28-18/h2-3,5,7,9,11-13,26H,4,6,8,10,23H2,1H3/p+1. The molecular formula is C22H23N2O3S3+. The molecule has 8 heteroatoms. The first-order valence-electron chi connectivity index (χ1n) is 9.62. The number of carbonyl (C=O) groups is 1. The van der Waals surface area contributed by atoms with Crippen molar-refractivity contribution in [1.29, 1.82) is 0 Å². The molecule has 30 heavy (non-hydrogen) atoms. The number of aromatic nitrogens is 1. The lowest BCUT2D eigenvalue weighted by Crippen LogP contribution is -2.03. The molecule has 1 aliphatic rings. The van der Waals surface area contributed by atoms with Gasteiger partial charge in [-0.3, -0.25) is 4.79 Å². The zero-order valence-corrected chi connectivity index (χ0v) is 19.0. The molecule has 3 N–H and O–H groups in total. The Balaban J connectivity index is 1.80. The Kier molecular flexibility index (Phi) is 6.48. The number of nitrogens with zero attached hydrogens (tertiary/aromatic N) is 1. The van der Waals surface area contributed by atoms with E-state index in [1.807, 2.05) is 11.4 Å². The van der Waals surface area contributed by atoms with E-state index in [-0.39, 0.29) is 12.6 Å². The number of nitrogens with two attached hydrogens (primary N) is 1. The fourth-order valence-corrected chi connectivity index (χ4v) is 6.65. The maximum Gasteiger partial charge on any atom is 0.302 e. The van der Waals surface area contributed by atoms with Crippen LogP contribution in [0.25, 0.3) is 26.4 Å². The number of carbonyl (C=O) groups excluding carboxylic acids is 1. The van der Waals surface area contributed by atoms with Gasteiger partial charge in [-0.15, -0.1) is 11.3 Å². The van der Waals surface area contributed by atoms with Gasteiger partial charge < -0.3 is 10.5 Å². The number of hydrogen-bond acceptors (Lipinski definition) is 7. The SMILES string of the molecule is CC(=O)OCCC=[SH+](O)c1sc2nc(-c3cccs3)cc(C3=CC=CCC3)c2c1N.